The normalized spacial score (nSPS) is 11.5. The number of H-pyrrole nitrogens is 1. The molecule has 0 aliphatic carbocycles. The van der Waals surface area contributed by atoms with Crippen molar-refractivity contribution in [1.29, 1.82) is 0 Å². The van der Waals surface area contributed by atoms with Crippen LogP contribution < -0.4 is 5.56 Å². The molecule has 0 saturated carbocycles. The highest BCUT2D eigenvalue weighted by molar-refractivity contribution is 6.30. The highest BCUT2D eigenvalue weighted by atomic mass is 35.5. The maximum Gasteiger partial charge on any atom is 0.343 e. The monoisotopic (exact) mass is 402 g/mol. The van der Waals surface area contributed by atoms with Gasteiger partial charge >= 0.3 is 5.97 Å². The van der Waals surface area contributed by atoms with Crippen molar-refractivity contribution in [2.45, 2.75) is 39.9 Å². The molecule has 148 valence electrons. The van der Waals surface area contributed by atoms with E-state index in [2.05, 4.69) is 28.8 Å². The third-order valence-corrected chi connectivity index (χ3v) is 4.65. The lowest BCUT2D eigenvalue weighted by atomic mass is 10.2. The van der Waals surface area contributed by atoms with E-state index in [1.54, 1.807) is 6.92 Å². The number of esters is 1. The second-order valence-corrected chi connectivity index (χ2v) is 7.22. The summed E-state index contributed by atoms with van der Waals surface area (Å²) in [6.07, 6.45) is 1.44. The molecule has 3 aromatic rings. The van der Waals surface area contributed by atoms with Gasteiger partial charge in [-0.2, -0.15) is 0 Å². The fourth-order valence-corrected chi connectivity index (χ4v) is 3.18. The fourth-order valence-electron chi connectivity index (χ4n) is 2.97. The van der Waals surface area contributed by atoms with E-state index in [0.29, 0.717) is 23.8 Å². The van der Waals surface area contributed by atoms with Crippen LogP contribution in [0.3, 0.4) is 0 Å². The molecule has 0 saturated heterocycles. The molecule has 1 aromatic carbocycles. The summed E-state index contributed by atoms with van der Waals surface area (Å²) >= 11 is 6.09. The Bertz CT molecular complexity index is 1040. The lowest BCUT2D eigenvalue weighted by Gasteiger charge is -2.26. The number of carbonyl (C=O) groups is 1. The van der Waals surface area contributed by atoms with E-state index in [4.69, 9.17) is 16.3 Å². The van der Waals surface area contributed by atoms with Crippen molar-refractivity contribution in [3.63, 3.8) is 0 Å². The fraction of sp³-hybridized carbons (Fsp3) is 0.350. The summed E-state index contributed by atoms with van der Waals surface area (Å²) in [7, 11) is 0. The molecule has 28 heavy (non-hydrogen) atoms. The first-order valence-electron chi connectivity index (χ1n) is 9.14. The second-order valence-electron chi connectivity index (χ2n) is 6.78. The van der Waals surface area contributed by atoms with E-state index in [0.717, 1.165) is 5.56 Å². The maximum atomic E-state index is 12.5. The molecule has 3 rings (SSSR count). The van der Waals surface area contributed by atoms with Crippen LogP contribution in [0.1, 0.15) is 42.4 Å². The Labute approximate surface area is 167 Å². The molecule has 0 spiro atoms. The summed E-state index contributed by atoms with van der Waals surface area (Å²) < 4.78 is 6.29. The zero-order valence-electron chi connectivity index (χ0n) is 16.1. The van der Waals surface area contributed by atoms with Gasteiger partial charge in [0.15, 0.2) is 5.65 Å². The van der Waals surface area contributed by atoms with Gasteiger partial charge in [0, 0.05) is 36.4 Å². The van der Waals surface area contributed by atoms with Crippen LogP contribution in [0.4, 0.5) is 0 Å². The number of rotatable bonds is 7. The Morgan fingerprint density at radius 3 is 2.79 bits per heavy atom. The predicted octanol–water partition coefficient (Wildman–Crippen LogP) is 3.26. The Hall–Kier alpha value is -2.64. The SMILES string of the molecule is CCOC(=O)c1c[nH]n2c(=O)cc(CN(Cc3cccc(Cl)c3)C(C)C)nc12. The third kappa shape index (κ3) is 4.43. The van der Waals surface area contributed by atoms with Gasteiger partial charge in [-0.1, -0.05) is 23.7 Å². The quantitative estimate of drug-likeness (QED) is 0.613. The molecule has 7 nitrogen and oxygen atoms in total. The summed E-state index contributed by atoms with van der Waals surface area (Å²) in [6, 6.07) is 9.38. The summed E-state index contributed by atoms with van der Waals surface area (Å²) in [5.41, 5.74) is 1.90. The minimum absolute atomic E-state index is 0.218. The first kappa shape index (κ1) is 20.1. The third-order valence-electron chi connectivity index (χ3n) is 4.42. The van der Waals surface area contributed by atoms with Crippen LogP contribution in [0.5, 0.6) is 0 Å². The number of carbonyl (C=O) groups excluding carboxylic acids is 1. The number of aromatic amines is 1. The van der Waals surface area contributed by atoms with E-state index in [1.165, 1.54) is 16.8 Å². The Balaban J connectivity index is 1.91. The number of ether oxygens (including phenoxy) is 1. The van der Waals surface area contributed by atoms with E-state index < -0.39 is 5.97 Å². The number of benzene rings is 1. The van der Waals surface area contributed by atoms with Gasteiger partial charge in [0.2, 0.25) is 0 Å². The van der Waals surface area contributed by atoms with Gasteiger partial charge in [0.1, 0.15) is 5.56 Å². The largest absolute Gasteiger partial charge is 0.462 e. The van der Waals surface area contributed by atoms with Crippen molar-refractivity contribution < 1.29 is 9.53 Å². The number of nitrogens with one attached hydrogen (secondary N) is 1. The molecular formula is C20H23ClN4O3. The average molecular weight is 403 g/mol. The Kier molecular flexibility index (Phi) is 6.16. The molecule has 0 aliphatic heterocycles. The number of hydrogen-bond acceptors (Lipinski definition) is 5. The molecular weight excluding hydrogens is 380 g/mol. The van der Waals surface area contributed by atoms with E-state index in [-0.39, 0.29) is 29.4 Å². The van der Waals surface area contributed by atoms with Crippen LogP contribution in [0.2, 0.25) is 5.02 Å². The van der Waals surface area contributed by atoms with E-state index in [1.807, 2.05) is 24.3 Å². The van der Waals surface area contributed by atoms with Crippen LogP contribution in [-0.2, 0) is 17.8 Å². The smallest absolute Gasteiger partial charge is 0.343 e. The van der Waals surface area contributed by atoms with Gasteiger partial charge in [-0.25, -0.2) is 14.3 Å². The molecule has 2 aromatic heterocycles. The number of aromatic nitrogens is 3. The summed E-state index contributed by atoms with van der Waals surface area (Å²) in [5, 5.41) is 3.44. The topological polar surface area (TPSA) is 79.7 Å². The molecule has 2 heterocycles. The van der Waals surface area contributed by atoms with Crippen LogP contribution in [0.15, 0.2) is 41.3 Å². The molecule has 8 heteroatoms. The zero-order chi connectivity index (χ0) is 20.3. The second kappa shape index (κ2) is 8.58. The van der Waals surface area contributed by atoms with Crippen LogP contribution in [-0.4, -0.2) is 38.1 Å². The molecule has 0 aliphatic rings. The van der Waals surface area contributed by atoms with Gasteiger partial charge in [0.25, 0.3) is 5.56 Å². The van der Waals surface area contributed by atoms with Crippen molar-refractivity contribution in [1.82, 2.24) is 19.5 Å². The minimum Gasteiger partial charge on any atom is -0.462 e. The lowest BCUT2D eigenvalue weighted by molar-refractivity contribution is 0.0528. The van der Waals surface area contributed by atoms with Gasteiger partial charge in [-0.05, 0) is 38.5 Å². The molecule has 0 atom stereocenters. The van der Waals surface area contributed by atoms with Crippen molar-refractivity contribution in [3.05, 3.63) is 68.7 Å². The molecule has 0 bridgehead atoms. The van der Waals surface area contributed by atoms with Crippen LogP contribution in [0, 0.1) is 0 Å². The molecule has 0 radical (unpaired) electrons. The maximum absolute atomic E-state index is 12.5. The van der Waals surface area contributed by atoms with Gasteiger partial charge in [-0.3, -0.25) is 14.8 Å². The van der Waals surface area contributed by atoms with Crippen molar-refractivity contribution in [2.75, 3.05) is 6.61 Å². The molecule has 0 amide bonds. The van der Waals surface area contributed by atoms with Crippen molar-refractivity contribution >= 4 is 23.2 Å². The molecule has 0 unspecified atom stereocenters. The number of fused-ring (bicyclic) bond motifs is 1. The van der Waals surface area contributed by atoms with E-state index >= 15 is 0 Å². The Morgan fingerprint density at radius 1 is 1.32 bits per heavy atom. The van der Waals surface area contributed by atoms with Crippen molar-refractivity contribution in [2.24, 2.45) is 0 Å². The van der Waals surface area contributed by atoms with E-state index in [9.17, 15) is 9.59 Å². The summed E-state index contributed by atoms with van der Waals surface area (Å²) in [4.78, 5) is 31.3. The zero-order valence-corrected chi connectivity index (χ0v) is 16.9. The standard InChI is InChI=1S/C20H23ClN4O3/c1-4-28-20(27)17-10-22-25-18(26)9-16(23-19(17)25)12-24(13(2)3)11-14-6-5-7-15(21)8-14/h5-10,13,22H,4,11-12H2,1-3H3. The molecule has 1 N–H and O–H groups in total. The van der Waals surface area contributed by atoms with Gasteiger partial charge in [-0.15, -0.1) is 0 Å². The summed E-state index contributed by atoms with van der Waals surface area (Å²) in [5.74, 6) is -0.509. The van der Waals surface area contributed by atoms with Gasteiger partial charge < -0.3 is 4.74 Å². The Morgan fingerprint density at radius 2 is 2.11 bits per heavy atom. The number of hydrogen-bond donors (Lipinski definition) is 1. The van der Waals surface area contributed by atoms with Crippen LogP contribution in [0.25, 0.3) is 5.65 Å². The predicted molar refractivity (Wildman–Crippen MR) is 108 cm³/mol. The molecule has 0 fully saturated rings. The minimum atomic E-state index is -0.509. The first-order valence-corrected chi connectivity index (χ1v) is 9.52. The number of halogens is 1. The number of nitrogens with zero attached hydrogens (tertiary/aromatic N) is 3. The lowest BCUT2D eigenvalue weighted by Crippen LogP contribution is -2.31. The highest BCUT2D eigenvalue weighted by Gasteiger charge is 2.18. The summed E-state index contributed by atoms with van der Waals surface area (Å²) in [6.45, 7) is 7.27. The average Bonchev–Trinajstić information content (AvgIpc) is 3.06. The van der Waals surface area contributed by atoms with Gasteiger partial charge in [0.05, 0.1) is 12.3 Å². The van der Waals surface area contributed by atoms with Crippen LogP contribution >= 0.6 is 11.6 Å². The highest BCUT2D eigenvalue weighted by Crippen LogP contribution is 2.16. The first-order chi connectivity index (χ1) is 13.4. The van der Waals surface area contributed by atoms with Crippen molar-refractivity contribution in [3.8, 4) is 0 Å².